The molecule has 0 rings (SSSR count). The second-order valence-electron chi connectivity index (χ2n) is 2.85. The highest BCUT2D eigenvalue weighted by molar-refractivity contribution is 7.87. The van der Waals surface area contributed by atoms with Gasteiger partial charge in [0.25, 0.3) is 10.2 Å². The fourth-order valence-electron chi connectivity index (χ4n) is 0.786. The minimum Gasteiger partial charge on any atom is -0.389 e. The van der Waals surface area contributed by atoms with Crippen molar-refractivity contribution >= 4 is 10.2 Å². The maximum Gasteiger partial charge on any atom is 0.277 e. The molecule has 0 fully saturated rings. The second kappa shape index (κ2) is 7.97. The summed E-state index contributed by atoms with van der Waals surface area (Å²) in [5, 5.41) is 9.18. The van der Waals surface area contributed by atoms with Gasteiger partial charge in [-0.05, 0) is 0 Å². The summed E-state index contributed by atoms with van der Waals surface area (Å²) in [6.45, 7) is 0.477. The van der Waals surface area contributed by atoms with Gasteiger partial charge in [-0.3, -0.25) is 0 Å². The zero-order valence-corrected chi connectivity index (χ0v) is 9.71. The summed E-state index contributed by atoms with van der Waals surface area (Å²) in [4.78, 5) is 0. The first-order chi connectivity index (χ1) is 7.02. The first-order valence-electron chi connectivity index (χ1n) is 4.42. The maximum absolute atomic E-state index is 11.2. The van der Waals surface area contributed by atoms with E-state index in [2.05, 4.69) is 18.9 Å². The molecule has 92 valence electrons. The highest BCUT2D eigenvalue weighted by Gasteiger charge is 2.11. The van der Waals surface area contributed by atoms with Crippen LogP contribution in [0.5, 0.6) is 0 Å². The first-order valence-corrected chi connectivity index (χ1v) is 5.90. The number of hydrogen-bond donors (Lipinski definition) is 3. The zero-order chi connectivity index (χ0) is 11.7. The molecule has 15 heavy (non-hydrogen) atoms. The van der Waals surface area contributed by atoms with Crippen LogP contribution < -0.4 is 9.44 Å². The van der Waals surface area contributed by atoms with Crippen molar-refractivity contribution in [3.05, 3.63) is 0 Å². The Balaban J connectivity index is 3.73. The van der Waals surface area contributed by atoms with Crippen molar-refractivity contribution in [3.8, 4) is 0 Å². The molecule has 0 aromatic carbocycles. The lowest BCUT2D eigenvalue weighted by atomic mass is 10.4. The van der Waals surface area contributed by atoms with Gasteiger partial charge in [-0.1, -0.05) is 0 Å². The lowest BCUT2D eigenvalue weighted by Gasteiger charge is -2.11. The minimum absolute atomic E-state index is 0.0839. The van der Waals surface area contributed by atoms with Gasteiger partial charge in [-0.25, -0.2) is 0 Å². The topological polar surface area (TPSA) is 96.9 Å². The molecule has 3 N–H and O–H groups in total. The van der Waals surface area contributed by atoms with E-state index >= 15 is 0 Å². The van der Waals surface area contributed by atoms with Crippen LogP contribution in [0.4, 0.5) is 0 Å². The number of hydrogen-bond acceptors (Lipinski definition) is 5. The highest BCUT2D eigenvalue weighted by Crippen LogP contribution is 1.84. The van der Waals surface area contributed by atoms with E-state index in [-0.39, 0.29) is 19.7 Å². The molecule has 0 radical (unpaired) electrons. The van der Waals surface area contributed by atoms with Crippen molar-refractivity contribution in [2.45, 2.75) is 6.10 Å². The molecule has 0 heterocycles. The van der Waals surface area contributed by atoms with Crippen molar-refractivity contribution < 1.29 is 23.0 Å². The third-order valence-corrected chi connectivity index (χ3v) is 2.60. The van der Waals surface area contributed by atoms with Crippen LogP contribution in [-0.2, 0) is 19.7 Å². The van der Waals surface area contributed by atoms with Crippen LogP contribution in [0.15, 0.2) is 0 Å². The van der Waals surface area contributed by atoms with E-state index in [0.29, 0.717) is 6.61 Å². The first kappa shape index (κ1) is 14.8. The van der Waals surface area contributed by atoms with Crippen molar-refractivity contribution in [2.75, 3.05) is 40.5 Å². The van der Waals surface area contributed by atoms with Crippen LogP contribution in [0.25, 0.3) is 0 Å². The number of aliphatic hydroxyl groups excluding tert-OH is 1. The summed E-state index contributed by atoms with van der Waals surface area (Å²) < 4.78 is 36.1. The Morgan fingerprint density at radius 2 is 1.93 bits per heavy atom. The van der Waals surface area contributed by atoms with E-state index in [4.69, 9.17) is 0 Å². The molecular weight excluding hydrogens is 224 g/mol. The smallest absolute Gasteiger partial charge is 0.277 e. The molecule has 1 unspecified atom stereocenters. The molecule has 0 saturated carbocycles. The van der Waals surface area contributed by atoms with E-state index < -0.39 is 16.3 Å². The van der Waals surface area contributed by atoms with Crippen molar-refractivity contribution in [1.29, 1.82) is 0 Å². The van der Waals surface area contributed by atoms with Crippen LogP contribution in [0.2, 0.25) is 0 Å². The van der Waals surface area contributed by atoms with Crippen LogP contribution in [-0.4, -0.2) is 60.2 Å². The van der Waals surface area contributed by atoms with Gasteiger partial charge >= 0.3 is 0 Å². The quantitative estimate of drug-likeness (QED) is 0.409. The maximum atomic E-state index is 11.2. The summed E-state index contributed by atoms with van der Waals surface area (Å²) in [6.07, 6.45) is -0.853. The average molecular weight is 242 g/mol. The van der Waals surface area contributed by atoms with Crippen LogP contribution in [0.1, 0.15) is 0 Å². The second-order valence-corrected chi connectivity index (χ2v) is 4.43. The summed E-state index contributed by atoms with van der Waals surface area (Å²) in [5.74, 6) is 0. The predicted octanol–water partition coefficient (Wildman–Crippen LogP) is -1.94. The van der Waals surface area contributed by atoms with Gasteiger partial charge in [0.1, 0.15) is 0 Å². The summed E-state index contributed by atoms with van der Waals surface area (Å²) in [5.41, 5.74) is 0. The molecular formula is C7H18N2O5S. The number of rotatable bonds is 9. The van der Waals surface area contributed by atoms with E-state index in [1.54, 1.807) is 0 Å². The average Bonchev–Trinajstić information content (AvgIpc) is 2.16. The molecule has 0 saturated heterocycles. The van der Waals surface area contributed by atoms with Gasteiger partial charge in [0.15, 0.2) is 0 Å². The van der Waals surface area contributed by atoms with E-state index in [1.807, 2.05) is 0 Å². The normalized spacial score (nSPS) is 14.1. The highest BCUT2D eigenvalue weighted by atomic mass is 32.2. The van der Waals surface area contributed by atoms with Gasteiger partial charge in [-0.2, -0.15) is 17.9 Å². The number of nitrogens with one attached hydrogen (secondary N) is 2. The van der Waals surface area contributed by atoms with Crippen molar-refractivity contribution in [2.24, 2.45) is 0 Å². The lowest BCUT2D eigenvalue weighted by molar-refractivity contribution is 0.0678. The number of methoxy groups -OCH3 is 2. The van der Waals surface area contributed by atoms with E-state index in [0.717, 1.165) is 0 Å². The Hall–Kier alpha value is -0.250. The lowest BCUT2D eigenvalue weighted by Crippen LogP contribution is -2.42. The van der Waals surface area contributed by atoms with Gasteiger partial charge in [0.2, 0.25) is 0 Å². The van der Waals surface area contributed by atoms with Gasteiger partial charge < -0.3 is 14.6 Å². The van der Waals surface area contributed by atoms with E-state index in [1.165, 1.54) is 14.2 Å². The Bertz CT molecular complexity index is 244. The molecule has 0 aromatic rings. The molecule has 8 heteroatoms. The summed E-state index contributed by atoms with van der Waals surface area (Å²) >= 11 is 0. The Morgan fingerprint density at radius 3 is 2.47 bits per heavy atom. The summed E-state index contributed by atoms with van der Waals surface area (Å²) in [7, 11) is -0.661. The van der Waals surface area contributed by atoms with Gasteiger partial charge in [0, 0.05) is 27.3 Å². The fraction of sp³-hybridized carbons (Fsp3) is 1.00. The van der Waals surface area contributed by atoms with Gasteiger partial charge in [-0.15, -0.1) is 0 Å². The molecule has 0 aromatic heterocycles. The number of ether oxygens (including phenoxy) is 2. The Labute approximate surface area is 89.9 Å². The predicted molar refractivity (Wildman–Crippen MR) is 54.7 cm³/mol. The Morgan fingerprint density at radius 1 is 1.27 bits per heavy atom. The standard InChI is InChI=1S/C7H18N2O5S/c1-13-4-3-8-15(11,12)9-5-7(10)6-14-2/h7-10H,3-6H2,1-2H3. The SMILES string of the molecule is COCCNS(=O)(=O)NCC(O)COC. The third kappa shape index (κ3) is 8.73. The molecule has 0 aliphatic heterocycles. The molecule has 7 nitrogen and oxygen atoms in total. The zero-order valence-electron chi connectivity index (χ0n) is 8.89. The largest absolute Gasteiger partial charge is 0.389 e. The van der Waals surface area contributed by atoms with E-state index in [9.17, 15) is 13.5 Å². The van der Waals surface area contributed by atoms with Crippen LogP contribution in [0, 0.1) is 0 Å². The Kier molecular flexibility index (Phi) is 7.83. The van der Waals surface area contributed by atoms with Crippen LogP contribution >= 0.6 is 0 Å². The molecule has 0 bridgehead atoms. The molecule has 0 amide bonds. The molecule has 1 atom stereocenters. The number of aliphatic hydroxyl groups is 1. The summed E-state index contributed by atoms with van der Waals surface area (Å²) in [6, 6.07) is 0. The van der Waals surface area contributed by atoms with Gasteiger partial charge in [0.05, 0.1) is 19.3 Å². The van der Waals surface area contributed by atoms with Crippen molar-refractivity contribution in [3.63, 3.8) is 0 Å². The fourth-order valence-corrected chi connectivity index (χ4v) is 1.65. The van der Waals surface area contributed by atoms with Crippen LogP contribution in [0.3, 0.4) is 0 Å². The third-order valence-electron chi connectivity index (χ3n) is 1.47. The molecule has 0 spiro atoms. The minimum atomic E-state index is -3.56. The van der Waals surface area contributed by atoms with Crippen molar-refractivity contribution in [1.82, 2.24) is 9.44 Å². The molecule has 0 aliphatic carbocycles. The monoisotopic (exact) mass is 242 g/mol. The molecule has 0 aliphatic rings.